The summed E-state index contributed by atoms with van der Waals surface area (Å²) in [6.07, 6.45) is 1.68. The summed E-state index contributed by atoms with van der Waals surface area (Å²) >= 11 is 6.08. The van der Waals surface area contributed by atoms with Crippen LogP contribution in [0.4, 0.5) is 5.69 Å². The summed E-state index contributed by atoms with van der Waals surface area (Å²) in [4.78, 5) is 27.1. The summed E-state index contributed by atoms with van der Waals surface area (Å²) in [6, 6.07) is 14.2. The van der Waals surface area contributed by atoms with Gasteiger partial charge in [-0.15, -0.1) is 0 Å². The normalized spacial score (nSPS) is 15.4. The standard InChI is InChI=1S/C22H20ClNO4/c1-4-28-18-10-8-15(9-11-18)12-19-20(22(26)27-3)14(2)24(21(19)25)17-7-5-6-16(23)13-17/h5-13H,4H2,1-3H3/b19-12-. The molecule has 1 heterocycles. The predicted molar refractivity (Wildman–Crippen MR) is 109 cm³/mol. The number of esters is 1. The van der Waals surface area contributed by atoms with Crippen LogP contribution >= 0.6 is 11.6 Å². The van der Waals surface area contributed by atoms with Gasteiger partial charge in [-0.25, -0.2) is 4.79 Å². The monoisotopic (exact) mass is 397 g/mol. The zero-order chi connectivity index (χ0) is 20.3. The Morgan fingerprint density at radius 1 is 1.18 bits per heavy atom. The lowest BCUT2D eigenvalue weighted by molar-refractivity contribution is -0.136. The van der Waals surface area contributed by atoms with Crippen molar-refractivity contribution >= 4 is 35.2 Å². The van der Waals surface area contributed by atoms with Gasteiger partial charge in [-0.3, -0.25) is 9.69 Å². The minimum atomic E-state index is -0.562. The lowest BCUT2D eigenvalue weighted by Gasteiger charge is -2.18. The molecule has 0 N–H and O–H groups in total. The van der Waals surface area contributed by atoms with E-state index in [0.717, 1.165) is 11.3 Å². The third-order valence-corrected chi connectivity index (χ3v) is 4.59. The number of nitrogens with zero attached hydrogens (tertiary/aromatic N) is 1. The van der Waals surface area contributed by atoms with E-state index in [2.05, 4.69) is 0 Å². The Morgan fingerprint density at radius 2 is 1.89 bits per heavy atom. The van der Waals surface area contributed by atoms with Crippen LogP contribution in [0.25, 0.3) is 6.08 Å². The van der Waals surface area contributed by atoms with Crippen LogP contribution in [0.1, 0.15) is 19.4 Å². The van der Waals surface area contributed by atoms with Crippen LogP contribution in [-0.4, -0.2) is 25.6 Å². The van der Waals surface area contributed by atoms with Gasteiger partial charge >= 0.3 is 5.97 Å². The Labute approximate surface area is 168 Å². The molecule has 28 heavy (non-hydrogen) atoms. The first-order valence-electron chi connectivity index (χ1n) is 8.80. The molecule has 0 unspecified atom stereocenters. The van der Waals surface area contributed by atoms with Gasteiger partial charge in [-0.2, -0.15) is 0 Å². The number of hydrogen-bond donors (Lipinski definition) is 0. The van der Waals surface area contributed by atoms with Gasteiger partial charge < -0.3 is 9.47 Å². The average molecular weight is 398 g/mol. The highest BCUT2D eigenvalue weighted by atomic mass is 35.5. The van der Waals surface area contributed by atoms with Gasteiger partial charge in [0.25, 0.3) is 5.91 Å². The molecule has 0 aliphatic carbocycles. The molecule has 0 atom stereocenters. The number of ether oxygens (including phenoxy) is 2. The molecule has 144 valence electrons. The van der Waals surface area contributed by atoms with E-state index in [1.807, 2.05) is 31.2 Å². The number of amides is 1. The molecular weight excluding hydrogens is 378 g/mol. The maximum Gasteiger partial charge on any atom is 0.340 e. The van der Waals surface area contributed by atoms with Crippen molar-refractivity contribution in [2.24, 2.45) is 0 Å². The quantitative estimate of drug-likeness (QED) is 0.545. The average Bonchev–Trinajstić information content (AvgIpc) is 2.93. The second kappa shape index (κ2) is 8.31. The molecule has 1 aliphatic heterocycles. The highest BCUT2D eigenvalue weighted by molar-refractivity contribution is 6.31. The maximum atomic E-state index is 13.2. The lowest BCUT2D eigenvalue weighted by Crippen LogP contribution is -2.24. The second-order valence-corrected chi connectivity index (χ2v) is 6.57. The van der Waals surface area contributed by atoms with Gasteiger partial charge in [0.1, 0.15) is 5.75 Å². The summed E-state index contributed by atoms with van der Waals surface area (Å²) in [5.41, 5.74) is 2.37. The summed E-state index contributed by atoms with van der Waals surface area (Å²) < 4.78 is 10.4. The molecule has 2 aromatic rings. The van der Waals surface area contributed by atoms with Gasteiger partial charge in [0, 0.05) is 10.7 Å². The van der Waals surface area contributed by atoms with E-state index < -0.39 is 5.97 Å². The first-order chi connectivity index (χ1) is 13.5. The van der Waals surface area contributed by atoms with Gasteiger partial charge in [-0.05, 0) is 55.8 Å². The largest absolute Gasteiger partial charge is 0.494 e. The van der Waals surface area contributed by atoms with Gasteiger partial charge in [0.05, 0.1) is 30.6 Å². The number of carbonyl (C=O) groups is 2. The zero-order valence-corrected chi connectivity index (χ0v) is 16.6. The third-order valence-electron chi connectivity index (χ3n) is 4.36. The number of hydrogen-bond acceptors (Lipinski definition) is 4. The van der Waals surface area contributed by atoms with Gasteiger partial charge in [-0.1, -0.05) is 29.8 Å². The van der Waals surface area contributed by atoms with Gasteiger partial charge in [0.2, 0.25) is 0 Å². The predicted octanol–water partition coefficient (Wildman–Crippen LogP) is 4.62. The highest BCUT2D eigenvalue weighted by Gasteiger charge is 2.37. The minimum Gasteiger partial charge on any atom is -0.494 e. The van der Waals surface area contributed by atoms with E-state index >= 15 is 0 Å². The molecule has 1 amide bonds. The molecule has 0 saturated carbocycles. The Balaban J connectivity index is 2.06. The molecular formula is C22H20ClNO4. The summed E-state index contributed by atoms with van der Waals surface area (Å²) in [5.74, 6) is -0.135. The molecule has 1 aliphatic rings. The first-order valence-corrected chi connectivity index (χ1v) is 9.18. The number of carbonyl (C=O) groups excluding carboxylic acids is 2. The van der Waals surface area contributed by atoms with Crippen LogP contribution in [0.3, 0.4) is 0 Å². The number of methoxy groups -OCH3 is 1. The van der Waals surface area contributed by atoms with Crippen molar-refractivity contribution in [3.63, 3.8) is 0 Å². The van der Waals surface area contributed by atoms with Crippen molar-refractivity contribution < 1.29 is 19.1 Å². The fourth-order valence-electron chi connectivity index (χ4n) is 3.10. The van der Waals surface area contributed by atoms with Crippen LogP contribution < -0.4 is 9.64 Å². The number of anilines is 1. The summed E-state index contributed by atoms with van der Waals surface area (Å²) in [7, 11) is 1.30. The molecule has 0 spiro atoms. The number of halogens is 1. The Kier molecular flexibility index (Phi) is 5.85. The summed E-state index contributed by atoms with van der Waals surface area (Å²) in [5, 5.41) is 0.502. The SMILES string of the molecule is CCOc1ccc(/C=C2\C(=O)N(c3cccc(Cl)c3)C(C)=C2C(=O)OC)cc1. The zero-order valence-electron chi connectivity index (χ0n) is 15.9. The topological polar surface area (TPSA) is 55.8 Å². The Bertz CT molecular complexity index is 976. The van der Waals surface area contributed by atoms with Crippen LogP contribution in [0.2, 0.25) is 5.02 Å². The second-order valence-electron chi connectivity index (χ2n) is 6.13. The van der Waals surface area contributed by atoms with E-state index in [1.54, 1.807) is 37.3 Å². The molecule has 0 saturated heterocycles. The van der Waals surface area contributed by atoms with E-state index in [9.17, 15) is 9.59 Å². The lowest BCUT2D eigenvalue weighted by atomic mass is 10.0. The van der Waals surface area contributed by atoms with Crippen LogP contribution in [-0.2, 0) is 14.3 Å². The molecule has 3 rings (SSSR count). The molecule has 0 aromatic heterocycles. The highest BCUT2D eigenvalue weighted by Crippen LogP contribution is 2.36. The first kappa shape index (κ1) is 19.7. The van der Waals surface area contributed by atoms with Crippen LogP contribution in [0, 0.1) is 0 Å². The number of allylic oxidation sites excluding steroid dienone is 1. The van der Waals surface area contributed by atoms with E-state index in [-0.39, 0.29) is 17.1 Å². The fraction of sp³-hybridized carbons (Fsp3) is 0.182. The van der Waals surface area contributed by atoms with Crippen molar-refractivity contribution in [1.29, 1.82) is 0 Å². The Hall–Kier alpha value is -3.05. The van der Waals surface area contributed by atoms with E-state index in [0.29, 0.717) is 23.0 Å². The molecule has 5 nitrogen and oxygen atoms in total. The third kappa shape index (κ3) is 3.80. The van der Waals surface area contributed by atoms with E-state index in [4.69, 9.17) is 21.1 Å². The van der Waals surface area contributed by atoms with Crippen molar-refractivity contribution in [1.82, 2.24) is 0 Å². The molecule has 6 heteroatoms. The van der Waals surface area contributed by atoms with Crippen molar-refractivity contribution in [2.75, 3.05) is 18.6 Å². The maximum absolute atomic E-state index is 13.2. The van der Waals surface area contributed by atoms with Crippen molar-refractivity contribution in [3.8, 4) is 5.75 Å². The molecule has 0 radical (unpaired) electrons. The van der Waals surface area contributed by atoms with Gasteiger partial charge in [0.15, 0.2) is 0 Å². The van der Waals surface area contributed by atoms with Crippen molar-refractivity contribution in [3.05, 3.63) is 76.0 Å². The van der Waals surface area contributed by atoms with Crippen molar-refractivity contribution in [2.45, 2.75) is 13.8 Å². The number of benzene rings is 2. The molecule has 0 fully saturated rings. The number of rotatable bonds is 5. The summed E-state index contributed by atoms with van der Waals surface area (Å²) in [6.45, 7) is 4.19. The smallest absolute Gasteiger partial charge is 0.340 e. The fourth-order valence-corrected chi connectivity index (χ4v) is 3.28. The van der Waals surface area contributed by atoms with E-state index in [1.165, 1.54) is 12.0 Å². The van der Waals surface area contributed by atoms with Crippen LogP contribution in [0.15, 0.2) is 65.4 Å². The molecule has 2 aromatic carbocycles. The Morgan fingerprint density at radius 3 is 2.50 bits per heavy atom. The van der Waals surface area contributed by atoms with Crippen LogP contribution in [0.5, 0.6) is 5.75 Å². The minimum absolute atomic E-state index is 0.237. The molecule has 0 bridgehead atoms.